The Morgan fingerprint density at radius 1 is 1.24 bits per heavy atom. The van der Waals surface area contributed by atoms with Crippen LogP contribution >= 0.6 is 0 Å². The lowest BCUT2D eigenvalue weighted by molar-refractivity contribution is -0.141. The summed E-state index contributed by atoms with van der Waals surface area (Å²) in [6.45, 7) is 9.27. The van der Waals surface area contributed by atoms with Crippen LogP contribution in [0.15, 0.2) is 37.0 Å². The number of carbonyl (C=O) groups excluding carboxylic acids is 1. The summed E-state index contributed by atoms with van der Waals surface area (Å²) in [5, 5.41) is 9.24. The minimum absolute atomic E-state index is 0.270. The van der Waals surface area contributed by atoms with Crippen LogP contribution in [0, 0.1) is 11.8 Å². The van der Waals surface area contributed by atoms with Crippen LogP contribution in [-0.4, -0.2) is 17.9 Å². The fraction of sp³-hybridized carbons (Fsp3) is 0.429. The highest BCUT2D eigenvalue weighted by molar-refractivity contribution is 5.75. The van der Waals surface area contributed by atoms with Gasteiger partial charge in [0.2, 0.25) is 0 Å². The maximum Gasteiger partial charge on any atom is 0.311 e. The van der Waals surface area contributed by atoms with Gasteiger partial charge in [0.05, 0.1) is 5.92 Å². The zero-order valence-electron chi connectivity index (χ0n) is 10.1. The van der Waals surface area contributed by atoms with E-state index in [0.29, 0.717) is 0 Å². The SMILES string of the molecule is C=C/C=C(\C=C)C(C(=O)O)C1CCCC1.C=O. The average molecular weight is 236 g/mol. The molecule has 1 rings (SSSR count). The molecule has 1 unspecified atom stereocenters. The standard InChI is InChI=1S/C13H18O2.CH2O/c1-3-7-10(4-2)12(13(14)15)11-8-5-6-9-11;1-2/h3-4,7,11-12H,1-2,5-6,8-9H2,(H,14,15);1H2/b10-7+;. The van der Waals surface area contributed by atoms with Crippen LogP contribution in [-0.2, 0) is 9.59 Å². The Balaban J connectivity index is 0.00000121. The van der Waals surface area contributed by atoms with Gasteiger partial charge in [0, 0.05) is 0 Å². The van der Waals surface area contributed by atoms with Crippen molar-refractivity contribution in [3.8, 4) is 0 Å². The molecule has 0 aromatic heterocycles. The van der Waals surface area contributed by atoms with Crippen molar-refractivity contribution in [2.24, 2.45) is 11.8 Å². The van der Waals surface area contributed by atoms with Crippen molar-refractivity contribution in [3.63, 3.8) is 0 Å². The number of carboxylic acid groups (broad SMARTS) is 1. The van der Waals surface area contributed by atoms with Crippen molar-refractivity contribution in [1.82, 2.24) is 0 Å². The molecule has 0 radical (unpaired) electrons. The van der Waals surface area contributed by atoms with E-state index >= 15 is 0 Å². The van der Waals surface area contributed by atoms with E-state index in [1.807, 2.05) is 6.79 Å². The zero-order valence-corrected chi connectivity index (χ0v) is 10.1. The van der Waals surface area contributed by atoms with Crippen LogP contribution in [0.3, 0.4) is 0 Å². The van der Waals surface area contributed by atoms with Crippen molar-refractivity contribution in [3.05, 3.63) is 37.0 Å². The van der Waals surface area contributed by atoms with Crippen LogP contribution < -0.4 is 0 Å². The molecule has 1 aliphatic carbocycles. The van der Waals surface area contributed by atoms with Gasteiger partial charge < -0.3 is 9.90 Å². The first-order valence-corrected chi connectivity index (χ1v) is 5.67. The highest BCUT2D eigenvalue weighted by atomic mass is 16.4. The average Bonchev–Trinajstić information content (AvgIpc) is 2.84. The summed E-state index contributed by atoms with van der Waals surface area (Å²) in [4.78, 5) is 19.2. The molecule has 1 N–H and O–H groups in total. The molecule has 0 aliphatic heterocycles. The molecule has 1 atom stereocenters. The molecule has 94 valence electrons. The molecule has 1 aliphatic rings. The summed E-state index contributed by atoms with van der Waals surface area (Å²) in [6, 6.07) is 0. The summed E-state index contributed by atoms with van der Waals surface area (Å²) >= 11 is 0. The zero-order chi connectivity index (χ0) is 13.3. The Bertz CT molecular complexity index is 299. The quantitative estimate of drug-likeness (QED) is 0.746. The molecule has 3 heteroatoms. The fourth-order valence-corrected chi connectivity index (χ4v) is 2.34. The molecule has 1 saturated carbocycles. The second-order valence-electron chi connectivity index (χ2n) is 3.97. The molecule has 0 aromatic rings. The van der Waals surface area contributed by atoms with E-state index in [4.69, 9.17) is 4.79 Å². The molecular formula is C14H20O3. The molecule has 0 bridgehead atoms. The Kier molecular flexibility index (Phi) is 7.68. The van der Waals surface area contributed by atoms with Crippen LogP contribution in [0.25, 0.3) is 0 Å². The van der Waals surface area contributed by atoms with Gasteiger partial charge in [-0.2, -0.15) is 0 Å². The molecule has 1 fully saturated rings. The van der Waals surface area contributed by atoms with Gasteiger partial charge in [-0.25, -0.2) is 0 Å². The molecule has 0 aromatic carbocycles. The predicted molar refractivity (Wildman–Crippen MR) is 68.7 cm³/mol. The summed E-state index contributed by atoms with van der Waals surface area (Å²) in [5.74, 6) is -0.871. The second kappa shape index (κ2) is 8.50. The van der Waals surface area contributed by atoms with Gasteiger partial charge in [0.1, 0.15) is 6.79 Å². The van der Waals surface area contributed by atoms with Crippen LogP contribution in [0.1, 0.15) is 25.7 Å². The lowest BCUT2D eigenvalue weighted by atomic mass is 9.84. The molecule has 0 spiro atoms. The van der Waals surface area contributed by atoms with E-state index in [1.165, 1.54) is 0 Å². The molecule has 0 amide bonds. The number of carboxylic acids is 1. The fourth-order valence-electron chi connectivity index (χ4n) is 2.34. The Morgan fingerprint density at radius 2 is 1.76 bits per heavy atom. The van der Waals surface area contributed by atoms with Gasteiger partial charge in [0.15, 0.2) is 0 Å². The highest BCUT2D eigenvalue weighted by Gasteiger charge is 2.31. The Hall–Kier alpha value is -1.64. The molecule has 0 heterocycles. The Labute approximate surface area is 103 Å². The third kappa shape index (κ3) is 4.39. The van der Waals surface area contributed by atoms with Crippen molar-refractivity contribution < 1.29 is 14.7 Å². The number of hydrogen-bond acceptors (Lipinski definition) is 2. The first kappa shape index (κ1) is 15.4. The molecule has 3 nitrogen and oxygen atoms in total. The lowest BCUT2D eigenvalue weighted by Gasteiger charge is -2.20. The van der Waals surface area contributed by atoms with E-state index in [-0.39, 0.29) is 5.92 Å². The largest absolute Gasteiger partial charge is 0.481 e. The van der Waals surface area contributed by atoms with E-state index in [0.717, 1.165) is 31.3 Å². The highest BCUT2D eigenvalue weighted by Crippen LogP contribution is 2.35. The van der Waals surface area contributed by atoms with Gasteiger partial charge in [-0.1, -0.05) is 44.2 Å². The number of hydrogen-bond donors (Lipinski definition) is 1. The monoisotopic (exact) mass is 236 g/mol. The summed E-state index contributed by atoms with van der Waals surface area (Å²) in [7, 11) is 0. The minimum atomic E-state index is -0.741. The first-order valence-electron chi connectivity index (χ1n) is 5.67. The maximum absolute atomic E-state index is 11.2. The van der Waals surface area contributed by atoms with Gasteiger partial charge >= 0.3 is 5.97 Å². The number of carbonyl (C=O) groups is 2. The number of allylic oxidation sites excluding steroid dienone is 3. The molecular weight excluding hydrogens is 216 g/mol. The van der Waals surface area contributed by atoms with Crippen LogP contribution in [0.2, 0.25) is 0 Å². The van der Waals surface area contributed by atoms with Gasteiger partial charge in [-0.3, -0.25) is 4.79 Å². The van der Waals surface area contributed by atoms with Gasteiger partial charge in [-0.05, 0) is 24.3 Å². The third-order valence-electron chi connectivity index (χ3n) is 3.04. The smallest absolute Gasteiger partial charge is 0.311 e. The summed E-state index contributed by atoms with van der Waals surface area (Å²) < 4.78 is 0. The van der Waals surface area contributed by atoms with Gasteiger partial charge in [-0.15, -0.1) is 0 Å². The minimum Gasteiger partial charge on any atom is -0.481 e. The number of aliphatic carboxylic acids is 1. The normalized spacial score (nSPS) is 17.8. The predicted octanol–water partition coefficient (Wildman–Crippen LogP) is 2.99. The van der Waals surface area contributed by atoms with Crippen molar-refractivity contribution in [1.29, 1.82) is 0 Å². The van der Waals surface area contributed by atoms with E-state index in [1.54, 1.807) is 18.2 Å². The Morgan fingerprint density at radius 3 is 2.12 bits per heavy atom. The lowest BCUT2D eigenvalue weighted by Crippen LogP contribution is -2.23. The van der Waals surface area contributed by atoms with Crippen molar-refractivity contribution in [2.75, 3.05) is 0 Å². The van der Waals surface area contributed by atoms with E-state index < -0.39 is 11.9 Å². The second-order valence-corrected chi connectivity index (χ2v) is 3.97. The third-order valence-corrected chi connectivity index (χ3v) is 3.04. The van der Waals surface area contributed by atoms with Crippen molar-refractivity contribution >= 4 is 12.8 Å². The molecule has 17 heavy (non-hydrogen) atoms. The van der Waals surface area contributed by atoms with Crippen LogP contribution in [0.5, 0.6) is 0 Å². The first-order chi connectivity index (χ1) is 8.20. The summed E-state index contributed by atoms with van der Waals surface area (Å²) in [6.07, 6.45) is 9.34. The maximum atomic E-state index is 11.2. The topological polar surface area (TPSA) is 54.4 Å². The number of rotatable bonds is 5. The van der Waals surface area contributed by atoms with E-state index in [9.17, 15) is 9.90 Å². The van der Waals surface area contributed by atoms with Crippen molar-refractivity contribution in [2.45, 2.75) is 25.7 Å². The van der Waals surface area contributed by atoms with E-state index in [2.05, 4.69) is 13.2 Å². The summed E-state index contributed by atoms with van der Waals surface area (Å²) in [5.41, 5.74) is 0.782. The van der Waals surface area contributed by atoms with Gasteiger partial charge in [0.25, 0.3) is 0 Å². The molecule has 0 saturated heterocycles. The van der Waals surface area contributed by atoms with Crippen LogP contribution in [0.4, 0.5) is 0 Å².